The molecule has 3 aromatic rings. The number of aromatic nitrogens is 4. The first-order chi connectivity index (χ1) is 12.1. The number of nitrogens with two attached hydrogens (primary N) is 1. The van der Waals surface area contributed by atoms with Gasteiger partial charge >= 0.3 is 0 Å². The number of carbonyl (C=O) groups is 2. The lowest BCUT2D eigenvalue weighted by Gasteiger charge is -2.27. The van der Waals surface area contributed by atoms with Crippen LogP contribution in [0.1, 0.15) is 32.4 Å². The van der Waals surface area contributed by atoms with Crippen LogP contribution in [-0.2, 0) is 13.0 Å². The van der Waals surface area contributed by atoms with Crippen molar-refractivity contribution in [2.45, 2.75) is 13.0 Å². The average Bonchev–Trinajstić information content (AvgIpc) is 2.66. The minimum atomic E-state index is -0.720. The molecular weight excluding hydrogens is 320 g/mol. The van der Waals surface area contributed by atoms with Crippen molar-refractivity contribution in [3.63, 3.8) is 0 Å². The zero-order valence-corrected chi connectivity index (χ0v) is 13.1. The Labute approximate surface area is 142 Å². The van der Waals surface area contributed by atoms with E-state index in [0.717, 1.165) is 11.1 Å². The number of hydrogen-bond acceptors (Lipinski definition) is 6. The fourth-order valence-electron chi connectivity index (χ4n) is 2.75. The molecule has 1 aliphatic heterocycles. The molecule has 1 aliphatic rings. The van der Waals surface area contributed by atoms with E-state index in [1.54, 1.807) is 4.90 Å². The zero-order valence-electron chi connectivity index (χ0n) is 13.1. The number of benzene rings is 1. The van der Waals surface area contributed by atoms with Crippen LogP contribution >= 0.6 is 0 Å². The summed E-state index contributed by atoms with van der Waals surface area (Å²) in [7, 11) is 0. The number of para-hydroxylation sites is 2. The summed E-state index contributed by atoms with van der Waals surface area (Å²) in [4.78, 5) is 42.2. The smallest absolute Gasteiger partial charge is 0.286 e. The number of fused-ring (bicyclic) bond motifs is 2. The first-order valence-corrected chi connectivity index (χ1v) is 7.70. The van der Waals surface area contributed by atoms with Gasteiger partial charge in [-0.05, 0) is 18.6 Å². The van der Waals surface area contributed by atoms with Crippen LogP contribution in [0.5, 0.6) is 0 Å². The first kappa shape index (κ1) is 15.1. The van der Waals surface area contributed by atoms with Crippen molar-refractivity contribution in [3.8, 4) is 0 Å². The van der Waals surface area contributed by atoms with Gasteiger partial charge in [0.25, 0.3) is 11.8 Å². The third kappa shape index (κ3) is 2.78. The van der Waals surface area contributed by atoms with Crippen molar-refractivity contribution in [3.05, 3.63) is 59.4 Å². The molecule has 0 saturated carbocycles. The molecule has 0 atom stereocenters. The maximum Gasteiger partial charge on any atom is 0.286 e. The highest BCUT2D eigenvalue weighted by molar-refractivity contribution is 5.94. The third-order valence-corrected chi connectivity index (χ3v) is 4.03. The van der Waals surface area contributed by atoms with Gasteiger partial charge in [-0.25, -0.2) is 15.0 Å². The molecule has 123 valence electrons. The van der Waals surface area contributed by atoms with Crippen LogP contribution in [0.4, 0.5) is 0 Å². The maximum absolute atomic E-state index is 12.8. The summed E-state index contributed by atoms with van der Waals surface area (Å²) < 4.78 is 0. The van der Waals surface area contributed by atoms with Gasteiger partial charge in [-0.15, -0.1) is 0 Å². The second-order valence-corrected chi connectivity index (χ2v) is 5.67. The van der Waals surface area contributed by atoms with E-state index in [9.17, 15) is 9.59 Å². The molecule has 1 aromatic carbocycles. The normalized spacial score (nSPS) is 13.5. The fraction of sp³-hybridized carbons (Fsp3) is 0.176. The highest BCUT2D eigenvalue weighted by atomic mass is 16.2. The van der Waals surface area contributed by atoms with Crippen LogP contribution < -0.4 is 5.73 Å². The minimum Gasteiger partial charge on any atom is -0.363 e. The lowest BCUT2D eigenvalue weighted by Crippen LogP contribution is -2.37. The van der Waals surface area contributed by atoms with Crippen LogP contribution in [0, 0.1) is 6.20 Å². The molecule has 2 amide bonds. The van der Waals surface area contributed by atoms with Crippen LogP contribution in [0.2, 0.25) is 0 Å². The summed E-state index contributed by atoms with van der Waals surface area (Å²) in [6.07, 6.45) is 4.81. The Bertz CT molecular complexity index is 1000. The Hall–Kier alpha value is -3.42. The monoisotopic (exact) mass is 333 g/mol. The molecule has 8 heteroatoms. The summed E-state index contributed by atoms with van der Waals surface area (Å²) in [5.41, 5.74) is 8.24. The van der Waals surface area contributed by atoms with Crippen LogP contribution in [0.3, 0.4) is 0 Å². The maximum atomic E-state index is 12.8. The van der Waals surface area contributed by atoms with E-state index in [1.807, 2.05) is 24.3 Å². The molecular formula is C17H13N6O2. The van der Waals surface area contributed by atoms with Crippen molar-refractivity contribution in [1.82, 2.24) is 24.8 Å². The third-order valence-electron chi connectivity index (χ3n) is 4.03. The number of primary amides is 1. The van der Waals surface area contributed by atoms with Crippen molar-refractivity contribution < 1.29 is 9.59 Å². The quantitative estimate of drug-likeness (QED) is 0.731. The van der Waals surface area contributed by atoms with Gasteiger partial charge in [0.05, 0.1) is 35.7 Å². The molecule has 2 aromatic heterocycles. The number of amides is 2. The van der Waals surface area contributed by atoms with Crippen LogP contribution in [0.25, 0.3) is 11.0 Å². The molecule has 0 spiro atoms. The summed E-state index contributed by atoms with van der Waals surface area (Å²) in [6.45, 7) is 0.748. The van der Waals surface area contributed by atoms with Crippen molar-refractivity contribution in [1.29, 1.82) is 0 Å². The first-order valence-electron chi connectivity index (χ1n) is 7.70. The predicted octanol–water partition coefficient (Wildman–Crippen LogP) is 0.517. The van der Waals surface area contributed by atoms with E-state index < -0.39 is 5.91 Å². The van der Waals surface area contributed by atoms with Gasteiger partial charge in [-0.1, -0.05) is 12.1 Å². The molecule has 0 saturated heterocycles. The van der Waals surface area contributed by atoms with E-state index in [2.05, 4.69) is 26.1 Å². The van der Waals surface area contributed by atoms with Gasteiger partial charge in [-0.2, -0.15) is 0 Å². The molecule has 0 bridgehead atoms. The zero-order chi connectivity index (χ0) is 17.4. The van der Waals surface area contributed by atoms with E-state index in [0.29, 0.717) is 24.2 Å². The topological polar surface area (TPSA) is 115 Å². The van der Waals surface area contributed by atoms with Gasteiger partial charge in [0, 0.05) is 12.1 Å². The van der Waals surface area contributed by atoms with E-state index in [4.69, 9.17) is 5.73 Å². The Morgan fingerprint density at radius 3 is 2.76 bits per heavy atom. The van der Waals surface area contributed by atoms with Crippen LogP contribution in [-0.4, -0.2) is 43.2 Å². The summed E-state index contributed by atoms with van der Waals surface area (Å²) >= 11 is 0. The largest absolute Gasteiger partial charge is 0.363 e. The average molecular weight is 333 g/mol. The Morgan fingerprint density at radius 1 is 1.16 bits per heavy atom. The molecule has 0 aliphatic carbocycles. The van der Waals surface area contributed by atoms with Crippen molar-refractivity contribution in [2.75, 3.05) is 6.54 Å². The Morgan fingerprint density at radius 2 is 1.96 bits per heavy atom. The van der Waals surface area contributed by atoms with Gasteiger partial charge in [0.2, 0.25) is 5.82 Å². The molecule has 1 radical (unpaired) electrons. The fourth-order valence-corrected chi connectivity index (χ4v) is 2.75. The highest BCUT2D eigenvalue weighted by Gasteiger charge is 2.25. The van der Waals surface area contributed by atoms with Gasteiger partial charge in [0.15, 0.2) is 0 Å². The Kier molecular flexibility index (Phi) is 3.57. The lowest BCUT2D eigenvalue weighted by atomic mass is 10.1. The second-order valence-electron chi connectivity index (χ2n) is 5.67. The molecule has 4 rings (SSSR count). The minimum absolute atomic E-state index is 0.0986. The van der Waals surface area contributed by atoms with E-state index >= 15 is 0 Å². The van der Waals surface area contributed by atoms with Crippen molar-refractivity contribution >= 4 is 22.8 Å². The summed E-state index contributed by atoms with van der Waals surface area (Å²) in [5, 5.41) is 0. The Balaban J connectivity index is 1.62. The number of carbonyl (C=O) groups excluding carboxylic acids is 2. The second kappa shape index (κ2) is 5.90. The molecule has 3 heterocycles. The number of hydrogen-bond donors (Lipinski definition) is 1. The number of nitrogens with zero attached hydrogens (tertiary/aromatic N) is 5. The summed E-state index contributed by atoms with van der Waals surface area (Å²) in [5.74, 6) is -1.05. The summed E-state index contributed by atoms with van der Waals surface area (Å²) in [6, 6.07) is 7.37. The van der Waals surface area contributed by atoms with E-state index in [1.165, 1.54) is 6.20 Å². The van der Waals surface area contributed by atoms with Gasteiger partial charge < -0.3 is 10.6 Å². The van der Waals surface area contributed by atoms with E-state index in [-0.39, 0.29) is 24.0 Å². The van der Waals surface area contributed by atoms with Crippen LogP contribution in [0.15, 0.2) is 30.5 Å². The number of rotatable bonds is 2. The molecule has 8 nitrogen and oxygen atoms in total. The molecule has 0 fully saturated rings. The van der Waals surface area contributed by atoms with Gasteiger partial charge in [-0.3, -0.25) is 14.6 Å². The molecule has 0 unspecified atom stereocenters. The molecule has 25 heavy (non-hydrogen) atoms. The highest BCUT2D eigenvalue weighted by Crippen LogP contribution is 2.18. The SMILES string of the molecule is NC(=O)c1n[c]c2c(n1)CN(C(=O)c1cnc3ccccc3n1)CC2. The standard InChI is InChI=1S/C17H13N6O2/c18-15(24)16-20-7-10-5-6-23(9-14(10)22-16)17(25)13-8-19-11-3-1-2-4-12(11)21-13/h1-4,8H,5-6,9H2,(H2,18,24). The lowest BCUT2D eigenvalue weighted by molar-refractivity contribution is 0.0725. The van der Waals surface area contributed by atoms with Crippen molar-refractivity contribution in [2.24, 2.45) is 5.73 Å². The predicted molar refractivity (Wildman–Crippen MR) is 87.4 cm³/mol. The van der Waals surface area contributed by atoms with Gasteiger partial charge in [0.1, 0.15) is 5.69 Å². The molecule has 2 N–H and O–H groups in total.